The molecule has 138 valence electrons. The lowest BCUT2D eigenvalue weighted by Gasteiger charge is -2.24. The minimum atomic E-state index is -3.70. The van der Waals surface area contributed by atoms with E-state index < -0.39 is 10.0 Å². The fourth-order valence-corrected chi connectivity index (χ4v) is 4.20. The van der Waals surface area contributed by atoms with Crippen LogP contribution in [0.5, 0.6) is 5.75 Å². The number of hydrogen-bond acceptors (Lipinski definition) is 5. The zero-order valence-corrected chi connectivity index (χ0v) is 16.1. The lowest BCUT2D eigenvalue weighted by molar-refractivity contribution is 0.0901. The molecule has 6 nitrogen and oxygen atoms in total. The Morgan fingerprint density at radius 3 is 2.67 bits per heavy atom. The highest BCUT2D eigenvalue weighted by atomic mass is 35.5. The van der Waals surface area contributed by atoms with Crippen LogP contribution in [0.15, 0.2) is 23.1 Å². The van der Waals surface area contributed by atoms with E-state index in [4.69, 9.17) is 21.1 Å². The topological polar surface area (TPSA) is 76.7 Å². The van der Waals surface area contributed by atoms with Crippen molar-refractivity contribution in [3.05, 3.63) is 23.2 Å². The Kier molecular flexibility index (Phi) is 8.76. The number of methoxy groups -OCH3 is 1. The number of halogens is 2. The highest BCUT2D eigenvalue weighted by Gasteiger charge is 2.25. The van der Waals surface area contributed by atoms with Crippen molar-refractivity contribution < 1.29 is 17.9 Å². The molecule has 0 bridgehead atoms. The maximum Gasteiger partial charge on any atom is 0.244 e. The summed E-state index contributed by atoms with van der Waals surface area (Å²) >= 11 is 5.98. The molecule has 1 fully saturated rings. The van der Waals surface area contributed by atoms with Gasteiger partial charge in [0, 0.05) is 18.2 Å². The summed E-state index contributed by atoms with van der Waals surface area (Å²) in [5.41, 5.74) is 0. The second-order valence-corrected chi connectivity index (χ2v) is 7.74. The van der Waals surface area contributed by atoms with Gasteiger partial charge in [-0.1, -0.05) is 11.6 Å². The first kappa shape index (κ1) is 21.5. The number of rotatable bonds is 7. The Morgan fingerprint density at radius 2 is 2.04 bits per heavy atom. The largest absolute Gasteiger partial charge is 0.487 e. The first-order chi connectivity index (χ1) is 10.9. The fraction of sp³-hybridized carbons (Fsp3) is 0.600. The Balaban J connectivity index is 0.00000288. The molecular weight excluding hydrogens is 375 g/mol. The SMILES string of the molecule is COCC(C)Oc1ccc(Cl)cc1S(=O)(=O)NC1CCNCC1.Cl. The third kappa shape index (κ3) is 6.06. The van der Waals surface area contributed by atoms with Gasteiger partial charge in [0.1, 0.15) is 16.7 Å². The second-order valence-electron chi connectivity index (χ2n) is 5.62. The number of nitrogens with one attached hydrogen (secondary N) is 2. The summed E-state index contributed by atoms with van der Waals surface area (Å²) in [4.78, 5) is 0.0616. The highest BCUT2D eigenvalue weighted by molar-refractivity contribution is 7.89. The van der Waals surface area contributed by atoms with Crippen molar-refractivity contribution in [3.63, 3.8) is 0 Å². The maximum atomic E-state index is 12.7. The average molecular weight is 399 g/mol. The van der Waals surface area contributed by atoms with Crippen LogP contribution < -0.4 is 14.8 Å². The molecule has 24 heavy (non-hydrogen) atoms. The van der Waals surface area contributed by atoms with E-state index in [1.807, 2.05) is 6.92 Å². The summed E-state index contributed by atoms with van der Waals surface area (Å²) in [6.07, 6.45) is 1.25. The van der Waals surface area contributed by atoms with Gasteiger partial charge in [-0.05, 0) is 51.1 Å². The summed E-state index contributed by atoms with van der Waals surface area (Å²) in [6.45, 7) is 3.78. The smallest absolute Gasteiger partial charge is 0.244 e. The van der Waals surface area contributed by atoms with Gasteiger partial charge in [0.15, 0.2) is 0 Å². The van der Waals surface area contributed by atoms with Crippen molar-refractivity contribution in [1.29, 1.82) is 0 Å². The molecule has 1 aliphatic heterocycles. The van der Waals surface area contributed by atoms with Crippen LogP contribution in [0.25, 0.3) is 0 Å². The van der Waals surface area contributed by atoms with Crippen LogP contribution in [-0.4, -0.2) is 47.4 Å². The van der Waals surface area contributed by atoms with E-state index in [-0.39, 0.29) is 35.2 Å². The van der Waals surface area contributed by atoms with E-state index in [0.717, 1.165) is 25.9 Å². The van der Waals surface area contributed by atoms with E-state index in [1.54, 1.807) is 19.2 Å². The van der Waals surface area contributed by atoms with E-state index in [9.17, 15) is 8.42 Å². The molecule has 1 aromatic carbocycles. The Hall–Kier alpha value is -0.570. The lowest BCUT2D eigenvalue weighted by Crippen LogP contribution is -2.42. The summed E-state index contributed by atoms with van der Waals surface area (Å²) in [5.74, 6) is 0.278. The molecule has 0 aliphatic carbocycles. The van der Waals surface area contributed by atoms with Crippen molar-refractivity contribution in [3.8, 4) is 5.75 Å². The van der Waals surface area contributed by atoms with Crippen molar-refractivity contribution >= 4 is 34.0 Å². The first-order valence-corrected chi connectivity index (χ1v) is 9.46. The summed E-state index contributed by atoms with van der Waals surface area (Å²) in [5, 5.41) is 3.56. The van der Waals surface area contributed by atoms with Crippen LogP contribution in [0.4, 0.5) is 0 Å². The zero-order chi connectivity index (χ0) is 16.9. The maximum absolute atomic E-state index is 12.7. The molecule has 1 atom stereocenters. The normalized spacial score (nSPS) is 17.1. The molecule has 1 unspecified atom stereocenters. The molecule has 0 radical (unpaired) electrons. The summed E-state index contributed by atoms with van der Waals surface area (Å²) in [7, 11) is -2.13. The van der Waals surface area contributed by atoms with E-state index >= 15 is 0 Å². The van der Waals surface area contributed by atoms with Gasteiger partial charge in [-0.2, -0.15) is 0 Å². The van der Waals surface area contributed by atoms with Gasteiger partial charge in [0.25, 0.3) is 0 Å². The highest BCUT2D eigenvalue weighted by Crippen LogP contribution is 2.28. The summed E-state index contributed by atoms with van der Waals surface area (Å²) in [6, 6.07) is 4.52. The first-order valence-electron chi connectivity index (χ1n) is 7.60. The molecule has 1 aliphatic rings. The van der Waals surface area contributed by atoms with Gasteiger partial charge in [0.2, 0.25) is 10.0 Å². The summed E-state index contributed by atoms with van der Waals surface area (Å²) < 4.78 is 38.9. The van der Waals surface area contributed by atoms with Crippen molar-refractivity contribution in [1.82, 2.24) is 10.0 Å². The van der Waals surface area contributed by atoms with E-state index in [2.05, 4.69) is 10.0 Å². The minimum Gasteiger partial charge on any atom is -0.487 e. The number of ether oxygens (including phenoxy) is 2. The molecule has 9 heteroatoms. The van der Waals surface area contributed by atoms with E-state index in [0.29, 0.717) is 11.6 Å². The van der Waals surface area contributed by atoms with Gasteiger partial charge in [-0.15, -0.1) is 12.4 Å². The van der Waals surface area contributed by atoms with Crippen molar-refractivity contribution in [2.45, 2.75) is 36.8 Å². The number of piperidine rings is 1. The van der Waals surface area contributed by atoms with Crippen LogP contribution in [0, 0.1) is 0 Å². The molecule has 1 heterocycles. The monoisotopic (exact) mass is 398 g/mol. The molecular formula is C15H24Cl2N2O4S. The van der Waals surface area contributed by atoms with Crippen LogP contribution >= 0.6 is 24.0 Å². The van der Waals surface area contributed by atoms with Crippen LogP contribution in [0.1, 0.15) is 19.8 Å². The standard InChI is InChI=1S/C15H23ClN2O4S.ClH/c1-11(10-21-2)22-14-4-3-12(16)9-15(14)23(19,20)18-13-5-7-17-8-6-13;/h3-4,9,11,13,17-18H,5-8,10H2,1-2H3;1H. The Morgan fingerprint density at radius 1 is 1.38 bits per heavy atom. The molecule has 0 amide bonds. The minimum absolute atomic E-state index is 0. The van der Waals surface area contributed by atoms with Gasteiger partial charge in [-0.25, -0.2) is 13.1 Å². The number of benzene rings is 1. The Labute approximate surface area is 154 Å². The van der Waals surface area contributed by atoms with Gasteiger partial charge >= 0.3 is 0 Å². The predicted octanol–water partition coefficient (Wildman–Crippen LogP) is 2.21. The molecule has 1 aromatic rings. The third-order valence-corrected chi connectivity index (χ3v) is 5.36. The van der Waals surface area contributed by atoms with Crippen LogP contribution in [0.2, 0.25) is 5.02 Å². The van der Waals surface area contributed by atoms with Gasteiger partial charge in [-0.3, -0.25) is 0 Å². The third-order valence-electron chi connectivity index (χ3n) is 3.59. The molecule has 2 rings (SSSR count). The van der Waals surface area contributed by atoms with Crippen LogP contribution in [-0.2, 0) is 14.8 Å². The molecule has 1 saturated heterocycles. The quantitative estimate of drug-likeness (QED) is 0.735. The average Bonchev–Trinajstić information content (AvgIpc) is 2.50. The lowest BCUT2D eigenvalue weighted by atomic mass is 10.1. The van der Waals surface area contributed by atoms with Gasteiger partial charge in [0.05, 0.1) is 6.61 Å². The van der Waals surface area contributed by atoms with E-state index in [1.165, 1.54) is 6.07 Å². The number of sulfonamides is 1. The molecule has 2 N–H and O–H groups in total. The molecule has 0 saturated carbocycles. The predicted molar refractivity (Wildman–Crippen MR) is 96.9 cm³/mol. The van der Waals surface area contributed by atoms with Gasteiger partial charge < -0.3 is 14.8 Å². The number of hydrogen-bond donors (Lipinski definition) is 2. The Bertz CT molecular complexity index is 622. The van der Waals surface area contributed by atoms with Crippen LogP contribution in [0.3, 0.4) is 0 Å². The van der Waals surface area contributed by atoms with Crippen molar-refractivity contribution in [2.75, 3.05) is 26.8 Å². The fourth-order valence-electron chi connectivity index (χ4n) is 2.50. The second kappa shape index (κ2) is 9.79. The molecule has 0 aromatic heterocycles. The van der Waals surface area contributed by atoms with Crippen molar-refractivity contribution in [2.24, 2.45) is 0 Å². The molecule has 0 spiro atoms. The zero-order valence-electron chi connectivity index (χ0n) is 13.7.